The Kier molecular flexibility index (Phi) is 6.73. The zero-order chi connectivity index (χ0) is 24.2. The van der Waals surface area contributed by atoms with Gasteiger partial charge < -0.3 is 15.2 Å². The third-order valence-corrected chi connectivity index (χ3v) is 6.75. The van der Waals surface area contributed by atoms with Crippen LogP contribution < -0.4 is 10.1 Å². The molecule has 178 valence electrons. The zero-order valence-corrected chi connectivity index (χ0v) is 19.8. The first-order chi connectivity index (χ1) is 17.1. The normalized spacial score (nSPS) is 17.8. The maximum atomic E-state index is 13.4. The average molecular weight is 468 g/mol. The van der Waals surface area contributed by atoms with Gasteiger partial charge in [0.1, 0.15) is 5.75 Å². The highest BCUT2D eigenvalue weighted by Gasteiger charge is 2.27. The summed E-state index contributed by atoms with van der Waals surface area (Å²) >= 11 is 0. The van der Waals surface area contributed by atoms with Gasteiger partial charge in [0.2, 0.25) is 0 Å². The minimum atomic E-state index is -0.511. The summed E-state index contributed by atoms with van der Waals surface area (Å²) < 4.78 is 5.72. The lowest BCUT2D eigenvalue weighted by molar-refractivity contribution is 0.0715. The highest BCUT2D eigenvalue weighted by molar-refractivity contribution is 6.05. The van der Waals surface area contributed by atoms with E-state index in [-0.39, 0.29) is 11.9 Å². The van der Waals surface area contributed by atoms with Crippen LogP contribution in [0.2, 0.25) is 0 Å². The number of nitrogens with one attached hydrogen (secondary N) is 1. The number of aromatic nitrogens is 2. The lowest BCUT2D eigenvalue weighted by atomic mass is 9.91. The van der Waals surface area contributed by atoms with Crippen molar-refractivity contribution in [3.63, 3.8) is 0 Å². The van der Waals surface area contributed by atoms with E-state index in [0.717, 1.165) is 52.4 Å². The van der Waals surface area contributed by atoms with E-state index in [1.807, 2.05) is 48.7 Å². The third kappa shape index (κ3) is 4.88. The van der Waals surface area contributed by atoms with Crippen molar-refractivity contribution in [1.29, 1.82) is 0 Å². The molecular formula is C29H29N3O3. The summed E-state index contributed by atoms with van der Waals surface area (Å²) in [5.41, 5.74) is 4.39. The van der Waals surface area contributed by atoms with Gasteiger partial charge in [0.25, 0.3) is 5.91 Å². The van der Waals surface area contributed by atoms with Gasteiger partial charge in [-0.1, -0.05) is 43.2 Å². The molecule has 0 radical (unpaired) electrons. The van der Waals surface area contributed by atoms with Crippen LogP contribution in [0.4, 0.5) is 0 Å². The Balaban J connectivity index is 1.48. The van der Waals surface area contributed by atoms with Crippen molar-refractivity contribution >= 4 is 16.7 Å². The first-order valence-corrected chi connectivity index (χ1v) is 12.1. The molecule has 6 heteroatoms. The molecule has 4 aromatic rings. The Labute approximate surface area is 205 Å². The van der Waals surface area contributed by atoms with Crippen LogP contribution in [0.1, 0.15) is 47.2 Å². The molecule has 0 saturated heterocycles. The molecule has 5 rings (SSSR count). The van der Waals surface area contributed by atoms with Crippen molar-refractivity contribution in [2.24, 2.45) is 0 Å². The van der Waals surface area contributed by atoms with Crippen LogP contribution in [0.3, 0.4) is 0 Å². The highest BCUT2D eigenvalue weighted by Crippen LogP contribution is 2.34. The average Bonchev–Trinajstić information content (AvgIpc) is 2.90. The van der Waals surface area contributed by atoms with Crippen LogP contribution in [0.5, 0.6) is 5.75 Å². The summed E-state index contributed by atoms with van der Waals surface area (Å²) in [5.74, 6) is 0.335. The molecule has 1 aliphatic carbocycles. The molecule has 1 aliphatic rings. The lowest BCUT2D eigenvalue weighted by Crippen LogP contribution is -2.45. The summed E-state index contributed by atoms with van der Waals surface area (Å²) in [6.07, 6.45) is 9.02. The molecule has 0 aliphatic heterocycles. The molecule has 2 aromatic carbocycles. The van der Waals surface area contributed by atoms with Crippen molar-refractivity contribution in [2.75, 3.05) is 7.11 Å². The second-order valence-corrected chi connectivity index (χ2v) is 9.06. The molecule has 1 fully saturated rings. The molecule has 6 nitrogen and oxygen atoms in total. The quantitative estimate of drug-likeness (QED) is 0.420. The van der Waals surface area contributed by atoms with Gasteiger partial charge in [-0.15, -0.1) is 0 Å². The second kappa shape index (κ2) is 10.2. The molecular weight excluding hydrogens is 438 g/mol. The van der Waals surface area contributed by atoms with Crippen LogP contribution in [-0.4, -0.2) is 40.2 Å². The molecule has 0 unspecified atom stereocenters. The molecule has 0 spiro atoms. The van der Waals surface area contributed by atoms with Crippen molar-refractivity contribution in [3.8, 4) is 17.0 Å². The van der Waals surface area contributed by atoms with Crippen LogP contribution >= 0.6 is 0 Å². The van der Waals surface area contributed by atoms with E-state index in [0.29, 0.717) is 24.2 Å². The standard InChI is InChI=1S/C29H29N3O3/c1-35-28-23-9-3-2-8-22(23)21(16-24(28)29(34)32-26-10-4-5-11-27(26)33)15-19-12-13-25(31-17-19)20-7-6-14-30-18-20/h2-3,6-9,12-14,16-18,26-27,33H,4-5,10-11,15H2,1H3,(H,32,34)/t26-,27-/m0/s1. The van der Waals surface area contributed by atoms with Crippen LogP contribution in [0.25, 0.3) is 22.0 Å². The minimum absolute atomic E-state index is 0.218. The van der Waals surface area contributed by atoms with E-state index in [1.54, 1.807) is 19.5 Å². The van der Waals surface area contributed by atoms with Gasteiger partial charge in [-0.2, -0.15) is 0 Å². The van der Waals surface area contributed by atoms with Crippen molar-refractivity contribution in [3.05, 3.63) is 89.9 Å². The molecule has 2 atom stereocenters. The fourth-order valence-corrected chi connectivity index (χ4v) is 4.92. The van der Waals surface area contributed by atoms with Crippen LogP contribution in [0, 0.1) is 0 Å². The number of fused-ring (bicyclic) bond motifs is 1. The number of rotatable bonds is 6. The van der Waals surface area contributed by atoms with Gasteiger partial charge in [-0.05, 0) is 60.0 Å². The first-order valence-electron chi connectivity index (χ1n) is 12.1. The summed E-state index contributed by atoms with van der Waals surface area (Å²) in [5, 5.41) is 15.3. The van der Waals surface area contributed by atoms with Gasteiger partial charge in [0.15, 0.2) is 0 Å². The van der Waals surface area contributed by atoms with Crippen molar-refractivity contribution in [1.82, 2.24) is 15.3 Å². The maximum absolute atomic E-state index is 13.4. The number of aliphatic hydroxyl groups is 1. The number of carbonyl (C=O) groups excluding carboxylic acids is 1. The number of nitrogens with zero attached hydrogens (tertiary/aromatic N) is 2. The summed E-state index contributed by atoms with van der Waals surface area (Å²) in [6.45, 7) is 0. The van der Waals surface area contributed by atoms with Gasteiger partial charge in [0, 0.05) is 29.5 Å². The highest BCUT2D eigenvalue weighted by atomic mass is 16.5. The van der Waals surface area contributed by atoms with E-state index in [4.69, 9.17) is 4.74 Å². The molecule has 2 aromatic heterocycles. The van der Waals surface area contributed by atoms with Crippen LogP contribution in [-0.2, 0) is 6.42 Å². The molecule has 2 heterocycles. The number of hydrogen-bond donors (Lipinski definition) is 2. The number of methoxy groups -OCH3 is 1. The Hall–Kier alpha value is -3.77. The SMILES string of the molecule is COc1c(C(=O)N[C@H]2CCCC[C@@H]2O)cc(Cc2ccc(-c3cccnc3)nc2)c2ccccc12. The molecule has 1 amide bonds. The lowest BCUT2D eigenvalue weighted by Gasteiger charge is -2.28. The predicted molar refractivity (Wildman–Crippen MR) is 137 cm³/mol. The maximum Gasteiger partial charge on any atom is 0.255 e. The molecule has 35 heavy (non-hydrogen) atoms. The number of amides is 1. The Morgan fingerprint density at radius 2 is 1.89 bits per heavy atom. The van der Waals surface area contributed by atoms with Crippen molar-refractivity contribution < 1.29 is 14.6 Å². The number of carbonyl (C=O) groups is 1. The smallest absolute Gasteiger partial charge is 0.255 e. The minimum Gasteiger partial charge on any atom is -0.495 e. The van der Waals surface area contributed by atoms with Gasteiger partial charge in [0.05, 0.1) is 30.5 Å². The van der Waals surface area contributed by atoms with Gasteiger partial charge in [-0.25, -0.2) is 0 Å². The number of pyridine rings is 2. The number of benzene rings is 2. The number of aliphatic hydroxyl groups excluding tert-OH is 1. The van der Waals surface area contributed by atoms with Gasteiger partial charge in [-0.3, -0.25) is 14.8 Å². The Morgan fingerprint density at radius 1 is 1.06 bits per heavy atom. The fourth-order valence-electron chi connectivity index (χ4n) is 4.92. The monoisotopic (exact) mass is 467 g/mol. The van der Waals surface area contributed by atoms with Crippen molar-refractivity contribution in [2.45, 2.75) is 44.2 Å². The predicted octanol–water partition coefficient (Wildman–Crippen LogP) is 4.93. The molecule has 1 saturated carbocycles. The van der Waals surface area contributed by atoms with E-state index in [9.17, 15) is 9.90 Å². The van der Waals surface area contributed by atoms with E-state index < -0.39 is 6.10 Å². The van der Waals surface area contributed by atoms with Gasteiger partial charge >= 0.3 is 0 Å². The first kappa shape index (κ1) is 23.0. The Morgan fingerprint density at radius 3 is 2.60 bits per heavy atom. The second-order valence-electron chi connectivity index (χ2n) is 9.06. The number of hydrogen-bond acceptors (Lipinski definition) is 5. The summed E-state index contributed by atoms with van der Waals surface area (Å²) in [7, 11) is 1.59. The molecule has 0 bridgehead atoms. The van der Waals surface area contributed by atoms with E-state index >= 15 is 0 Å². The van der Waals surface area contributed by atoms with E-state index in [2.05, 4.69) is 27.4 Å². The van der Waals surface area contributed by atoms with Crippen LogP contribution in [0.15, 0.2) is 73.2 Å². The molecule has 2 N–H and O–H groups in total. The largest absolute Gasteiger partial charge is 0.495 e. The topological polar surface area (TPSA) is 84.3 Å². The fraction of sp³-hybridized carbons (Fsp3) is 0.276. The number of ether oxygens (including phenoxy) is 1. The zero-order valence-electron chi connectivity index (χ0n) is 19.8. The summed E-state index contributed by atoms with van der Waals surface area (Å²) in [4.78, 5) is 22.2. The third-order valence-electron chi connectivity index (χ3n) is 6.75. The van der Waals surface area contributed by atoms with E-state index in [1.165, 1.54) is 0 Å². The summed E-state index contributed by atoms with van der Waals surface area (Å²) in [6, 6.07) is 17.6. The Bertz CT molecular complexity index is 1320.